The van der Waals surface area contributed by atoms with Crippen LogP contribution in [0.5, 0.6) is 0 Å². The fourth-order valence-corrected chi connectivity index (χ4v) is 13.8. The predicted molar refractivity (Wildman–Crippen MR) is 404 cm³/mol. The molecule has 0 aromatic carbocycles. The van der Waals surface area contributed by atoms with Crippen molar-refractivity contribution < 1.29 is 80.2 Å². The summed E-state index contributed by atoms with van der Waals surface area (Å²) in [4.78, 5) is 72.9. The quantitative estimate of drug-likeness (QED) is 0.0222. The second kappa shape index (κ2) is 69.1. The number of carbonyl (C=O) groups is 4. The first-order valence-electron chi connectivity index (χ1n) is 41.3. The Hall–Kier alpha value is -1.94. The Labute approximate surface area is 607 Å². The molecule has 0 rings (SSSR count). The Morgan fingerprint density at radius 1 is 0.283 bits per heavy atom. The standard InChI is InChI=1S/C80H156O17P2/c1-9-72(7)58-50-42-34-25-19-17-15-13-11-12-14-16-18-20-28-38-46-54-62-79(84)96-75(66-90-77(82)60-52-44-36-27-22-21-26-35-43-51-59-73(8)10-2)68-94-98(86,87)92-64-74(81)65-93-99(88,89)95-69-76(67-91-78(83)61-53-45-37-31-30-33-41-49-57-71(5)6)97-80(85)63-55-47-39-29-23-24-32-40-48-56-70(3)4/h70-76,81H,9-69H2,1-8H3,(H,86,87)(H,88,89)/t72?,73?,74?,75-,76-/m1/s1. The molecular formula is C80H156O17P2. The van der Waals surface area contributed by atoms with Crippen molar-refractivity contribution in [2.24, 2.45) is 23.7 Å². The summed E-state index contributed by atoms with van der Waals surface area (Å²) >= 11 is 0. The van der Waals surface area contributed by atoms with E-state index >= 15 is 0 Å². The number of esters is 4. The molecule has 0 amide bonds. The molecule has 0 spiro atoms. The number of aliphatic hydroxyl groups is 1. The fraction of sp³-hybridized carbons (Fsp3) is 0.950. The van der Waals surface area contributed by atoms with Crippen LogP contribution in [0.1, 0.15) is 409 Å². The van der Waals surface area contributed by atoms with Crippen LogP contribution in [0, 0.1) is 23.7 Å². The number of phosphoric acid groups is 2. The van der Waals surface area contributed by atoms with Gasteiger partial charge in [-0.1, -0.05) is 357 Å². The lowest BCUT2D eigenvalue weighted by atomic mass is 9.99. The number of phosphoric ester groups is 2. The van der Waals surface area contributed by atoms with Gasteiger partial charge in [-0.25, -0.2) is 9.13 Å². The Balaban J connectivity index is 5.22. The maximum atomic E-state index is 13.1. The van der Waals surface area contributed by atoms with Crippen molar-refractivity contribution in [3.8, 4) is 0 Å². The summed E-state index contributed by atoms with van der Waals surface area (Å²) in [6.45, 7) is 14.3. The third-order valence-corrected chi connectivity index (χ3v) is 21.2. The first kappa shape index (κ1) is 97.1. The van der Waals surface area contributed by atoms with Gasteiger partial charge in [0.25, 0.3) is 0 Å². The average Bonchev–Trinajstić information content (AvgIpc) is 0.952. The zero-order valence-corrected chi connectivity index (χ0v) is 66.9. The first-order valence-corrected chi connectivity index (χ1v) is 44.3. The number of hydrogen-bond donors (Lipinski definition) is 3. The van der Waals surface area contributed by atoms with Crippen LogP contribution in [0.25, 0.3) is 0 Å². The minimum atomic E-state index is -4.96. The van der Waals surface area contributed by atoms with Gasteiger partial charge in [0.1, 0.15) is 19.3 Å². The molecule has 5 unspecified atom stereocenters. The molecule has 0 aliphatic carbocycles. The molecular weight excluding hydrogens is 1290 g/mol. The molecule has 99 heavy (non-hydrogen) atoms. The van der Waals surface area contributed by atoms with Crippen LogP contribution in [-0.2, 0) is 65.4 Å². The fourth-order valence-electron chi connectivity index (χ4n) is 12.2. The smallest absolute Gasteiger partial charge is 0.462 e. The lowest BCUT2D eigenvalue weighted by Crippen LogP contribution is -2.30. The minimum absolute atomic E-state index is 0.104. The molecule has 0 heterocycles. The van der Waals surface area contributed by atoms with E-state index in [9.17, 15) is 43.2 Å². The van der Waals surface area contributed by atoms with Crippen LogP contribution in [-0.4, -0.2) is 96.7 Å². The van der Waals surface area contributed by atoms with Gasteiger partial charge in [0.15, 0.2) is 12.2 Å². The molecule has 0 aromatic rings. The number of rotatable bonds is 77. The van der Waals surface area contributed by atoms with E-state index in [1.54, 1.807) is 0 Å². The highest BCUT2D eigenvalue weighted by molar-refractivity contribution is 7.47. The maximum Gasteiger partial charge on any atom is 0.472 e. The Kier molecular flexibility index (Phi) is 67.8. The van der Waals surface area contributed by atoms with Crippen molar-refractivity contribution in [3.63, 3.8) is 0 Å². The summed E-state index contributed by atoms with van der Waals surface area (Å²) in [5, 5.41) is 10.6. The third-order valence-electron chi connectivity index (χ3n) is 19.3. The van der Waals surface area contributed by atoms with Crippen molar-refractivity contribution in [1.82, 2.24) is 0 Å². The van der Waals surface area contributed by atoms with Crippen molar-refractivity contribution >= 4 is 39.5 Å². The first-order chi connectivity index (χ1) is 47.7. The average molecular weight is 1450 g/mol. The van der Waals surface area contributed by atoms with Gasteiger partial charge >= 0.3 is 39.5 Å². The van der Waals surface area contributed by atoms with Gasteiger partial charge in [-0.15, -0.1) is 0 Å². The summed E-state index contributed by atoms with van der Waals surface area (Å²) in [5.41, 5.74) is 0. The van der Waals surface area contributed by atoms with E-state index in [-0.39, 0.29) is 25.7 Å². The minimum Gasteiger partial charge on any atom is -0.462 e. The van der Waals surface area contributed by atoms with Gasteiger partial charge in [-0.05, 0) is 49.4 Å². The second-order valence-electron chi connectivity index (χ2n) is 30.2. The van der Waals surface area contributed by atoms with Crippen molar-refractivity contribution in [1.29, 1.82) is 0 Å². The molecule has 0 saturated carbocycles. The summed E-state index contributed by atoms with van der Waals surface area (Å²) in [5.74, 6) is 1.03. The van der Waals surface area contributed by atoms with Crippen LogP contribution in [0.2, 0.25) is 0 Å². The van der Waals surface area contributed by atoms with Crippen LogP contribution < -0.4 is 0 Å². The number of unbranched alkanes of at least 4 members (excludes halogenated alkanes) is 41. The Bertz CT molecular complexity index is 1940. The SMILES string of the molecule is CCC(C)CCCCCCCCCCCCCCCCCCCCC(=O)O[C@H](COC(=O)CCCCCCCCCCCCC(C)CC)COP(=O)(O)OCC(O)COP(=O)(O)OC[C@@H](COC(=O)CCCCCCCCCCC(C)C)OC(=O)CCCCCCCCCCCC(C)C. The van der Waals surface area contributed by atoms with Gasteiger partial charge in [0.2, 0.25) is 0 Å². The molecule has 0 fully saturated rings. The molecule has 17 nitrogen and oxygen atoms in total. The lowest BCUT2D eigenvalue weighted by Gasteiger charge is -2.21. The van der Waals surface area contributed by atoms with E-state index in [1.165, 1.54) is 212 Å². The van der Waals surface area contributed by atoms with Crippen LogP contribution >= 0.6 is 15.6 Å². The van der Waals surface area contributed by atoms with Gasteiger partial charge in [0, 0.05) is 25.7 Å². The monoisotopic (exact) mass is 1450 g/mol. The van der Waals surface area contributed by atoms with Crippen LogP contribution in [0.3, 0.4) is 0 Å². The highest BCUT2D eigenvalue weighted by atomic mass is 31.2. The molecule has 0 radical (unpaired) electrons. The van der Waals surface area contributed by atoms with E-state index in [0.29, 0.717) is 25.7 Å². The van der Waals surface area contributed by atoms with Crippen LogP contribution in [0.4, 0.5) is 0 Å². The Morgan fingerprint density at radius 3 is 0.717 bits per heavy atom. The summed E-state index contributed by atoms with van der Waals surface area (Å²) < 4.78 is 68.6. The number of hydrogen-bond acceptors (Lipinski definition) is 15. The van der Waals surface area contributed by atoms with Crippen molar-refractivity contribution in [2.75, 3.05) is 39.6 Å². The van der Waals surface area contributed by atoms with Gasteiger partial charge in [-0.3, -0.25) is 37.3 Å². The number of aliphatic hydroxyl groups excluding tert-OH is 1. The zero-order valence-electron chi connectivity index (χ0n) is 65.1. The highest BCUT2D eigenvalue weighted by Gasteiger charge is 2.30. The van der Waals surface area contributed by atoms with E-state index in [0.717, 1.165) is 114 Å². The molecule has 0 aliphatic heterocycles. The van der Waals surface area contributed by atoms with Gasteiger partial charge in [-0.2, -0.15) is 0 Å². The maximum absolute atomic E-state index is 13.1. The summed E-state index contributed by atoms with van der Waals surface area (Å²) in [6.07, 6.45) is 55.5. The largest absolute Gasteiger partial charge is 0.472 e. The topological polar surface area (TPSA) is 237 Å². The molecule has 7 atom stereocenters. The van der Waals surface area contributed by atoms with E-state index in [4.69, 9.17) is 37.0 Å². The zero-order chi connectivity index (χ0) is 73.1. The van der Waals surface area contributed by atoms with Gasteiger partial charge < -0.3 is 33.8 Å². The Morgan fingerprint density at radius 2 is 0.485 bits per heavy atom. The van der Waals surface area contributed by atoms with Crippen molar-refractivity contribution in [3.05, 3.63) is 0 Å². The number of carbonyl (C=O) groups excluding carboxylic acids is 4. The molecule has 0 bridgehead atoms. The molecule has 0 aromatic heterocycles. The third kappa shape index (κ3) is 71.5. The van der Waals surface area contributed by atoms with Crippen molar-refractivity contribution in [2.45, 2.75) is 427 Å². The molecule has 588 valence electrons. The number of ether oxygens (including phenoxy) is 4. The lowest BCUT2D eigenvalue weighted by molar-refractivity contribution is -0.161. The summed E-state index contributed by atoms with van der Waals surface area (Å²) in [6, 6.07) is 0. The molecule has 19 heteroatoms. The molecule has 3 N–H and O–H groups in total. The highest BCUT2D eigenvalue weighted by Crippen LogP contribution is 2.45. The van der Waals surface area contributed by atoms with E-state index in [2.05, 4.69) is 55.4 Å². The van der Waals surface area contributed by atoms with Crippen LogP contribution in [0.15, 0.2) is 0 Å². The normalized spacial score (nSPS) is 14.6. The molecule has 0 aliphatic rings. The van der Waals surface area contributed by atoms with Gasteiger partial charge in [0.05, 0.1) is 26.4 Å². The van der Waals surface area contributed by atoms with E-state index < -0.39 is 97.5 Å². The molecule has 0 saturated heterocycles. The predicted octanol–water partition coefficient (Wildman–Crippen LogP) is 23.6. The van der Waals surface area contributed by atoms with E-state index in [1.807, 2.05) is 0 Å². The summed E-state index contributed by atoms with van der Waals surface area (Å²) in [7, 11) is -9.92. The second-order valence-corrected chi connectivity index (χ2v) is 33.1.